The van der Waals surface area contributed by atoms with E-state index in [9.17, 15) is 4.39 Å². The van der Waals surface area contributed by atoms with Gasteiger partial charge in [-0.1, -0.05) is 32.9 Å². The first-order valence-corrected chi connectivity index (χ1v) is 5.90. The third-order valence-electron chi connectivity index (χ3n) is 3.13. The maximum Gasteiger partial charge on any atom is 0.126 e. The van der Waals surface area contributed by atoms with Crippen LogP contribution >= 0.6 is 0 Å². The first kappa shape index (κ1) is 13.2. The van der Waals surface area contributed by atoms with E-state index in [1.54, 1.807) is 13.0 Å². The van der Waals surface area contributed by atoms with Crippen molar-refractivity contribution in [2.45, 2.75) is 40.7 Å². The SMILES string of the molecule is CCC(C)(C)CNCc1ccc(C)c(F)c1. The van der Waals surface area contributed by atoms with Gasteiger partial charge >= 0.3 is 0 Å². The van der Waals surface area contributed by atoms with Crippen LogP contribution < -0.4 is 5.32 Å². The number of rotatable bonds is 5. The Balaban J connectivity index is 2.46. The third-order valence-corrected chi connectivity index (χ3v) is 3.13. The van der Waals surface area contributed by atoms with Crippen molar-refractivity contribution < 1.29 is 4.39 Å². The van der Waals surface area contributed by atoms with E-state index in [0.29, 0.717) is 11.0 Å². The van der Waals surface area contributed by atoms with Gasteiger partial charge in [-0.2, -0.15) is 0 Å². The molecule has 1 aromatic rings. The molecule has 0 saturated carbocycles. The summed E-state index contributed by atoms with van der Waals surface area (Å²) in [7, 11) is 0. The smallest absolute Gasteiger partial charge is 0.126 e. The summed E-state index contributed by atoms with van der Waals surface area (Å²) in [6.45, 7) is 10.1. The van der Waals surface area contributed by atoms with Crippen LogP contribution in [0.25, 0.3) is 0 Å². The lowest BCUT2D eigenvalue weighted by molar-refractivity contribution is 0.327. The zero-order valence-corrected chi connectivity index (χ0v) is 10.7. The summed E-state index contributed by atoms with van der Waals surface area (Å²) >= 11 is 0. The van der Waals surface area contributed by atoms with Crippen molar-refractivity contribution in [3.05, 3.63) is 35.1 Å². The summed E-state index contributed by atoms with van der Waals surface area (Å²) in [6.07, 6.45) is 1.14. The Morgan fingerprint density at radius 3 is 2.56 bits per heavy atom. The van der Waals surface area contributed by atoms with Crippen LogP contribution in [0.5, 0.6) is 0 Å². The molecule has 2 heteroatoms. The minimum absolute atomic E-state index is 0.117. The van der Waals surface area contributed by atoms with Crippen LogP contribution in [-0.4, -0.2) is 6.54 Å². The molecule has 90 valence electrons. The number of nitrogens with one attached hydrogen (secondary N) is 1. The lowest BCUT2D eigenvalue weighted by Crippen LogP contribution is -2.28. The Morgan fingerprint density at radius 1 is 1.31 bits per heavy atom. The second kappa shape index (κ2) is 5.44. The molecule has 1 N–H and O–H groups in total. The maximum atomic E-state index is 13.3. The summed E-state index contributed by atoms with van der Waals surface area (Å²) in [5.41, 5.74) is 2.02. The molecule has 0 heterocycles. The van der Waals surface area contributed by atoms with Crippen LogP contribution in [0.1, 0.15) is 38.3 Å². The standard InChI is InChI=1S/C14H22FN/c1-5-14(3,4)10-16-9-12-7-6-11(2)13(15)8-12/h6-8,16H,5,9-10H2,1-4H3. The zero-order chi connectivity index (χ0) is 12.2. The highest BCUT2D eigenvalue weighted by Gasteiger charge is 2.13. The zero-order valence-electron chi connectivity index (χ0n) is 10.7. The molecule has 0 fully saturated rings. The molecule has 0 amide bonds. The van der Waals surface area contributed by atoms with Crippen molar-refractivity contribution >= 4 is 0 Å². The highest BCUT2D eigenvalue weighted by atomic mass is 19.1. The van der Waals surface area contributed by atoms with Gasteiger partial charge < -0.3 is 5.32 Å². The molecule has 0 unspecified atom stereocenters. The summed E-state index contributed by atoms with van der Waals surface area (Å²) in [5.74, 6) is -0.117. The van der Waals surface area contributed by atoms with Gasteiger partial charge in [-0.3, -0.25) is 0 Å². The molecule has 1 aromatic carbocycles. The monoisotopic (exact) mass is 223 g/mol. The molecule has 0 aromatic heterocycles. The quantitative estimate of drug-likeness (QED) is 0.803. The lowest BCUT2D eigenvalue weighted by Gasteiger charge is -2.23. The number of benzene rings is 1. The summed E-state index contributed by atoms with van der Waals surface area (Å²) < 4.78 is 13.3. The molecule has 1 nitrogen and oxygen atoms in total. The van der Waals surface area contributed by atoms with Crippen molar-refractivity contribution in [1.82, 2.24) is 5.32 Å². The predicted molar refractivity (Wildman–Crippen MR) is 66.9 cm³/mol. The lowest BCUT2D eigenvalue weighted by atomic mass is 9.90. The van der Waals surface area contributed by atoms with E-state index in [-0.39, 0.29) is 5.82 Å². The van der Waals surface area contributed by atoms with Crippen molar-refractivity contribution in [1.29, 1.82) is 0 Å². The molecule has 0 aliphatic heterocycles. The van der Waals surface area contributed by atoms with Crippen molar-refractivity contribution in [3.8, 4) is 0 Å². The van der Waals surface area contributed by atoms with Crippen molar-refractivity contribution in [2.24, 2.45) is 5.41 Å². The Hall–Kier alpha value is -0.890. The van der Waals surface area contributed by atoms with E-state index in [4.69, 9.17) is 0 Å². The summed E-state index contributed by atoms with van der Waals surface area (Å²) in [4.78, 5) is 0. The highest BCUT2D eigenvalue weighted by Crippen LogP contribution is 2.18. The largest absolute Gasteiger partial charge is 0.312 e. The Bertz CT molecular complexity index is 345. The van der Waals surface area contributed by atoms with Crippen molar-refractivity contribution in [3.63, 3.8) is 0 Å². The molecule has 16 heavy (non-hydrogen) atoms. The van der Waals surface area contributed by atoms with Gasteiger partial charge in [-0.15, -0.1) is 0 Å². The first-order chi connectivity index (χ1) is 7.44. The highest BCUT2D eigenvalue weighted by molar-refractivity contribution is 5.23. The Kier molecular flexibility index (Phi) is 4.48. The Morgan fingerprint density at radius 2 is 2.00 bits per heavy atom. The number of aryl methyl sites for hydroxylation is 1. The van der Waals surface area contributed by atoms with Gasteiger partial charge in [0.1, 0.15) is 5.82 Å². The number of halogens is 1. The molecule has 0 saturated heterocycles. The molecule has 1 rings (SSSR count). The number of hydrogen-bond acceptors (Lipinski definition) is 1. The van der Waals surface area contributed by atoms with E-state index in [0.717, 1.165) is 25.1 Å². The maximum absolute atomic E-state index is 13.3. The van der Waals surface area contributed by atoms with Crippen LogP contribution in [0.2, 0.25) is 0 Å². The normalized spacial score (nSPS) is 11.8. The molecular formula is C14H22FN. The fraction of sp³-hybridized carbons (Fsp3) is 0.571. The topological polar surface area (TPSA) is 12.0 Å². The fourth-order valence-corrected chi connectivity index (χ4v) is 1.42. The first-order valence-electron chi connectivity index (χ1n) is 5.90. The van der Waals surface area contributed by atoms with Gasteiger partial charge in [0, 0.05) is 13.1 Å². The molecule has 0 radical (unpaired) electrons. The van der Waals surface area contributed by atoms with Crippen LogP contribution in [-0.2, 0) is 6.54 Å². The van der Waals surface area contributed by atoms with Gasteiger partial charge in [0.05, 0.1) is 0 Å². The average Bonchev–Trinajstić information content (AvgIpc) is 2.23. The molecule has 0 bridgehead atoms. The third kappa shape index (κ3) is 3.93. The van der Waals surface area contributed by atoms with E-state index in [1.807, 2.05) is 12.1 Å². The van der Waals surface area contributed by atoms with Gasteiger partial charge in [-0.25, -0.2) is 4.39 Å². The van der Waals surface area contributed by atoms with Crippen LogP contribution in [0.15, 0.2) is 18.2 Å². The van der Waals surface area contributed by atoms with Crippen LogP contribution in [0.4, 0.5) is 4.39 Å². The van der Waals surface area contributed by atoms with E-state index < -0.39 is 0 Å². The second-order valence-corrected chi connectivity index (χ2v) is 5.20. The molecule has 0 atom stereocenters. The van der Waals surface area contributed by atoms with Gasteiger partial charge in [-0.05, 0) is 36.0 Å². The summed E-state index contributed by atoms with van der Waals surface area (Å²) in [6, 6.07) is 5.42. The van der Waals surface area contributed by atoms with Gasteiger partial charge in [0.2, 0.25) is 0 Å². The fourth-order valence-electron chi connectivity index (χ4n) is 1.42. The minimum Gasteiger partial charge on any atom is -0.312 e. The predicted octanol–water partition coefficient (Wildman–Crippen LogP) is 3.66. The van der Waals surface area contributed by atoms with Crippen molar-refractivity contribution in [2.75, 3.05) is 6.54 Å². The van der Waals surface area contributed by atoms with Gasteiger partial charge in [0.15, 0.2) is 0 Å². The number of hydrogen-bond donors (Lipinski definition) is 1. The molecule has 0 aliphatic carbocycles. The Labute approximate surface area is 98.1 Å². The molecule has 0 spiro atoms. The van der Waals surface area contributed by atoms with E-state index in [1.165, 1.54) is 0 Å². The molecule has 0 aliphatic rings. The summed E-state index contributed by atoms with van der Waals surface area (Å²) in [5, 5.41) is 3.37. The minimum atomic E-state index is -0.117. The molecular weight excluding hydrogens is 201 g/mol. The average molecular weight is 223 g/mol. The van der Waals surface area contributed by atoms with Crippen LogP contribution in [0, 0.1) is 18.2 Å². The second-order valence-electron chi connectivity index (χ2n) is 5.20. The van der Waals surface area contributed by atoms with E-state index >= 15 is 0 Å². The van der Waals surface area contributed by atoms with E-state index in [2.05, 4.69) is 26.1 Å². The van der Waals surface area contributed by atoms with Gasteiger partial charge in [0.25, 0.3) is 0 Å². The van der Waals surface area contributed by atoms with Crippen LogP contribution in [0.3, 0.4) is 0 Å².